The van der Waals surface area contributed by atoms with E-state index in [1.807, 2.05) is 58.0 Å². The van der Waals surface area contributed by atoms with Gasteiger partial charge in [-0.05, 0) is 74.7 Å². The van der Waals surface area contributed by atoms with Crippen molar-refractivity contribution in [2.24, 2.45) is 0 Å². The van der Waals surface area contributed by atoms with Gasteiger partial charge < -0.3 is 10.1 Å². The molecule has 0 saturated carbocycles. The fourth-order valence-electron chi connectivity index (χ4n) is 3.29. The van der Waals surface area contributed by atoms with E-state index >= 15 is 0 Å². The molecular weight excluding hydrogens is 460 g/mol. The molecule has 2 N–H and O–H groups in total. The Labute approximate surface area is 200 Å². The molecule has 174 valence electrons. The third kappa shape index (κ3) is 6.06. The standard InChI is InChI=1S/C25H27ClN2O4S/c1-16-8-11-22(18(3)14-16)28-33(30,31)24-15-20(9-10-21(24)26)25(29)27-12-13-32-23-7-5-6-17(2)19(23)4/h5-11,14-15,28H,12-13H2,1-4H3,(H,27,29). The molecule has 0 saturated heterocycles. The minimum absolute atomic E-state index is 0.0297. The molecule has 0 aliphatic carbocycles. The van der Waals surface area contributed by atoms with Crippen LogP contribution >= 0.6 is 11.6 Å². The second-order valence-corrected chi connectivity index (χ2v) is 9.93. The first kappa shape index (κ1) is 24.6. The van der Waals surface area contributed by atoms with Gasteiger partial charge in [-0.15, -0.1) is 0 Å². The molecule has 1 amide bonds. The number of hydrogen-bond donors (Lipinski definition) is 2. The van der Waals surface area contributed by atoms with Crippen molar-refractivity contribution in [3.8, 4) is 5.75 Å². The lowest BCUT2D eigenvalue weighted by Gasteiger charge is -2.14. The Balaban J connectivity index is 1.68. The molecule has 0 aliphatic rings. The van der Waals surface area contributed by atoms with E-state index in [1.54, 1.807) is 6.07 Å². The van der Waals surface area contributed by atoms with Crippen LogP contribution in [0.25, 0.3) is 0 Å². The minimum Gasteiger partial charge on any atom is -0.491 e. The van der Waals surface area contributed by atoms with Crippen molar-refractivity contribution in [2.75, 3.05) is 17.9 Å². The Morgan fingerprint density at radius 1 is 0.970 bits per heavy atom. The van der Waals surface area contributed by atoms with Crippen LogP contribution in [-0.2, 0) is 10.0 Å². The Morgan fingerprint density at radius 3 is 2.45 bits per heavy atom. The monoisotopic (exact) mass is 486 g/mol. The second kappa shape index (κ2) is 10.3. The Kier molecular flexibility index (Phi) is 7.66. The number of carbonyl (C=O) groups excluding carboxylic acids is 1. The van der Waals surface area contributed by atoms with E-state index in [9.17, 15) is 13.2 Å². The summed E-state index contributed by atoms with van der Waals surface area (Å²) in [4.78, 5) is 12.4. The number of hydrogen-bond acceptors (Lipinski definition) is 4. The van der Waals surface area contributed by atoms with Crippen LogP contribution in [0.15, 0.2) is 59.5 Å². The van der Waals surface area contributed by atoms with E-state index in [-0.39, 0.29) is 28.6 Å². The van der Waals surface area contributed by atoms with Gasteiger partial charge in [0, 0.05) is 5.56 Å². The summed E-state index contributed by atoms with van der Waals surface area (Å²) < 4.78 is 34.2. The summed E-state index contributed by atoms with van der Waals surface area (Å²) in [5, 5.41) is 2.77. The highest BCUT2D eigenvalue weighted by Crippen LogP contribution is 2.27. The van der Waals surface area contributed by atoms with E-state index < -0.39 is 15.9 Å². The van der Waals surface area contributed by atoms with E-state index in [4.69, 9.17) is 16.3 Å². The van der Waals surface area contributed by atoms with Crippen LogP contribution in [0.5, 0.6) is 5.75 Å². The number of sulfonamides is 1. The van der Waals surface area contributed by atoms with Crippen molar-refractivity contribution >= 4 is 33.2 Å². The largest absolute Gasteiger partial charge is 0.491 e. The average Bonchev–Trinajstić information content (AvgIpc) is 2.76. The van der Waals surface area contributed by atoms with Crippen molar-refractivity contribution in [2.45, 2.75) is 32.6 Å². The third-order valence-corrected chi connectivity index (χ3v) is 7.16. The van der Waals surface area contributed by atoms with Gasteiger partial charge in [-0.25, -0.2) is 8.42 Å². The van der Waals surface area contributed by atoms with Gasteiger partial charge in [0.1, 0.15) is 17.3 Å². The lowest BCUT2D eigenvalue weighted by atomic mass is 10.1. The van der Waals surface area contributed by atoms with Crippen molar-refractivity contribution in [3.05, 3.63) is 87.4 Å². The van der Waals surface area contributed by atoms with E-state index in [2.05, 4.69) is 10.0 Å². The van der Waals surface area contributed by atoms with Crippen LogP contribution in [0.1, 0.15) is 32.6 Å². The first-order valence-corrected chi connectivity index (χ1v) is 12.3. The third-order valence-electron chi connectivity index (χ3n) is 5.31. The lowest BCUT2D eigenvalue weighted by molar-refractivity contribution is 0.0946. The zero-order valence-electron chi connectivity index (χ0n) is 19.0. The van der Waals surface area contributed by atoms with Crippen molar-refractivity contribution < 1.29 is 17.9 Å². The van der Waals surface area contributed by atoms with Crippen LogP contribution in [0.3, 0.4) is 0 Å². The number of ether oxygens (including phenoxy) is 1. The molecule has 0 aromatic heterocycles. The van der Waals surface area contributed by atoms with Crippen LogP contribution in [0.2, 0.25) is 5.02 Å². The Hall–Kier alpha value is -3.03. The van der Waals surface area contributed by atoms with E-state index in [0.29, 0.717) is 5.69 Å². The van der Waals surface area contributed by atoms with Crippen LogP contribution in [0.4, 0.5) is 5.69 Å². The predicted octanol–water partition coefficient (Wildman–Crippen LogP) is 5.18. The number of benzene rings is 3. The molecule has 3 aromatic rings. The summed E-state index contributed by atoms with van der Waals surface area (Å²) in [5.74, 6) is 0.348. The highest BCUT2D eigenvalue weighted by atomic mass is 35.5. The SMILES string of the molecule is Cc1ccc(NS(=O)(=O)c2cc(C(=O)NCCOc3cccc(C)c3C)ccc2Cl)c(C)c1. The van der Waals surface area contributed by atoms with Crippen LogP contribution in [-0.4, -0.2) is 27.5 Å². The van der Waals surface area contributed by atoms with E-state index in [0.717, 1.165) is 28.0 Å². The molecule has 0 atom stereocenters. The van der Waals surface area contributed by atoms with Gasteiger partial charge >= 0.3 is 0 Å². The first-order chi connectivity index (χ1) is 15.6. The summed E-state index contributed by atoms with van der Waals surface area (Å²) >= 11 is 6.17. The van der Waals surface area contributed by atoms with Gasteiger partial charge in [-0.3, -0.25) is 9.52 Å². The van der Waals surface area contributed by atoms with Crippen molar-refractivity contribution in [1.29, 1.82) is 0 Å². The molecule has 3 aromatic carbocycles. The topological polar surface area (TPSA) is 84.5 Å². The zero-order chi connectivity index (χ0) is 24.2. The van der Waals surface area contributed by atoms with Gasteiger partial charge in [0.25, 0.3) is 15.9 Å². The number of anilines is 1. The first-order valence-electron chi connectivity index (χ1n) is 10.5. The van der Waals surface area contributed by atoms with Crippen molar-refractivity contribution in [1.82, 2.24) is 5.32 Å². The maximum atomic E-state index is 13.0. The zero-order valence-corrected chi connectivity index (χ0v) is 20.6. The molecule has 6 nitrogen and oxygen atoms in total. The smallest absolute Gasteiger partial charge is 0.263 e. The molecule has 0 spiro atoms. The van der Waals surface area contributed by atoms with E-state index in [1.165, 1.54) is 18.2 Å². The molecule has 33 heavy (non-hydrogen) atoms. The van der Waals surface area contributed by atoms with Gasteiger partial charge in [-0.2, -0.15) is 0 Å². The minimum atomic E-state index is -3.99. The maximum Gasteiger partial charge on any atom is 0.263 e. The molecule has 0 bridgehead atoms. The summed E-state index contributed by atoms with van der Waals surface area (Å²) in [5.41, 5.74) is 4.62. The van der Waals surface area contributed by atoms with Gasteiger partial charge in [0.05, 0.1) is 17.3 Å². The molecule has 3 rings (SSSR count). The van der Waals surface area contributed by atoms with Crippen LogP contribution in [0, 0.1) is 27.7 Å². The lowest BCUT2D eigenvalue weighted by Crippen LogP contribution is -2.28. The Morgan fingerprint density at radius 2 is 1.73 bits per heavy atom. The number of amides is 1. The summed E-state index contributed by atoms with van der Waals surface area (Å²) in [7, 11) is -3.99. The molecule has 0 radical (unpaired) electrons. The quantitative estimate of drug-likeness (QED) is 0.429. The molecule has 0 heterocycles. The van der Waals surface area contributed by atoms with Crippen LogP contribution < -0.4 is 14.8 Å². The predicted molar refractivity (Wildman–Crippen MR) is 132 cm³/mol. The van der Waals surface area contributed by atoms with Gasteiger partial charge in [-0.1, -0.05) is 41.4 Å². The fraction of sp³-hybridized carbons (Fsp3) is 0.240. The summed E-state index contributed by atoms with van der Waals surface area (Å²) in [6.07, 6.45) is 0. The molecule has 0 unspecified atom stereocenters. The number of aryl methyl sites for hydroxylation is 3. The Bertz CT molecular complexity index is 1290. The molecular formula is C25H27ClN2O4S. The average molecular weight is 487 g/mol. The normalized spacial score (nSPS) is 11.2. The molecule has 8 heteroatoms. The number of carbonyl (C=O) groups is 1. The number of rotatable bonds is 8. The number of halogens is 1. The maximum absolute atomic E-state index is 13.0. The number of nitrogens with one attached hydrogen (secondary N) is 2. The van der Waals surface area contributed by atoms with Gasteiger partial charge in [0.2, 0.25) is 0 Å². The summed E-state index contributed by atoms with van der Waals surface area (Å²) in [6.45, 7) is 8.27. The summed E-state index contributed by atoms with van der Waals surface area (Å²) in [6, 6.07) is 15.4. The van der Waals surface area contributed by atoms with Gasteiger partial charge in [0.15, 0.2) is 0 Å². The molecule has 0 aliphatic heterocycles. The highest BCUT2D eigenvalue weighted by Gasteiger charge is 2.21. The molecule has 0 fully saturated rings. The fourth-order valence-corrected chi connectivity index (χ4v) is 4.94. The highest BCUT2D eigenvalue weighted by molar-refractivity contribution is 7.92. The van der Waals surface area contributed by atoms with Crippen molar-refractivity contribution in [3.63, 3.8) is 0 Å². The second-order valence-electron chi connectivity index (χ2n) is 7.87.